The second kappa shape index (κ2) is 4.05. The van der Waals surface area contributed by atoms with Crippen LogP contribution in [0.25, 0.3) is 10.9 Å². The van der Waals surface area contributed by atoms with Gasteiger partial charge in [-0.2, -0.15) is 0 Å². The number of rotatable bonds is 1. The van der Waals surface area contributed by atoms with E-state index in [1.807, 2.05) is 18.2 Å². The van der Waals surface area contributed by atoms with Crippen molar-refractivity contribution in [2.75, 3.05) is 0 Å². The number of benzene rings is 1. The Balaban J connectivity index is 2.70. The predicted octanol–water partition coefficient (Wildman–Crippen LogP) is 4.44. The first kappa shape index (κ1) is 10.2. The van der Waals surface area contributed by atoms with Gasteiger partial charge >= 0.3 is 0 Å². The molecule has 0 aliphatic heterocycles. The number of nitrogens with zero attached hydrogens (tertiary/aromatic N) is 1. The fourth-order valence-corrected chi connectivity index (χ4v) is 1.88. The third-order valence-electron chi connectivity index (χ3n) is 1.93. The lowest BCUT2D eigenvalue weighted by Gasteiger charge is -2.02. The van der Waals surface area contributed by atoms with Gasteiger partial charge in [0.1, 0.15) is 0 Å². The van der Waals surface area contributed by atoms with E-state index >= 15 is 0 Å². The number of pyridine rings is 1. The standard InChI is InChI=1S/C10H6BrCl2N/c11-5-7-2-1-6-3-8(12)9(13)4-10(6)14-7/h1-4H,5H2. The number of hydrogen-bond acceptors (Lipinski definition) is 1. The third kappa shape index (κ3) is 1.88. The average molecular weight is 291 g/mol. The largest absolute Gasteiger partial charge is 0.252 e. The van der Waals surface area contributed by atoms with Gasteiger partial charge in [-0.15, -0.1) is 0 Å². The van der Waals surface area contributed by atoms with Crippen LogP contribution >= 0.6 is 39.1 Å². The summed E-state index contributed by atoms with van der Waals surface area (Å²) in [4.78, 5) is 4.41. The van der Waals surface area contributed by atoms with E-state index in [9.17, 15) is 0 Å². The maximum atomic E-state index is 5.90. The molecule has 1 heterocycles. The minimum absolute atomic E-state index is 0.540. The van der Waals surface area contributed by atoms with Gasteiger partial charge < -0.3 is 0 Å². The lowest BCUT2D eigenvalue weighted by Crippen LogP contribution is -1.86. The summed E-state index contributed by atoms with van der Waals surface area (Å²) in [7, 11) is 0. The second-order valence-corrected chi connectivity index (χ2v) is 4.27. The highest BCUT2D eigenvalue weighted by Gasteiger charge is 2.02. The van der Waals surface area contributed by atoms with Crippen LogP contribution in [0.15, 0.2) is 24.3 Å². The van der Waals surface area contributed by atoms with Crippen molar-refractivity contribution in [2.24, 2.45) is 0 Å². The van der Waals surface area contributed by atoms with Crippen molar-refractivity contribution in [1.82, 2.24) is 4.98 Å². The first-order chi connectivity index (χ1) is 6.70. The Labute approximate surface area is 100 Å². The number of halogens is 3. The fraction of sp³-hybridized carbons (Fsp3) is 0.100. The van der Waals surface area contributed by atoms with Gasteiger partial charge in [0.15, 0.2) is 0 Å². The van der Waals surface area contributed by atoms with Crippen LogP contribution in [0, 0.1) is 0 Å². The van der Waals surface area contributed by atoms with E-state index in [-0.39, 0.29) is 0 Å². The van der Waals surface area contributed by atoms with Crippen LogP contribution in [0.5, 0.6) is 0 Å². The molecule has 0 saturated carbocycles. The van der Waals surface area contributed by atoms with Crippen molar-refractivity contribution >= 4 is 50.0 Å². The van der Waals surface area contributed by atoms with E-state index in [0.29, 0.717) is 10.0 Å². The minimum atomic E-state index is 0.540. The zero-order valence-electron chi connectivity index (χ0n) is 7.10. The molecule has 0 unspecified atom stereocenters. The van der Waals surface area contributed by atoms with Crippen molar-refractivity contribution in [3.05, 3.63) is 40.0 Å². The van der Waals surface area contributed by atoms with Crippen molar-refractivity contribution in [2.45, 2.75) is 5.33 Å². The molecule has 14 heavy (non-hydrogen) atoms. The Kier molecular flexibility index (Phi) is 2.96. The van der Waals surface area contributed by atoms with E-state index < -0.39 is 0 Å². The van der Waals surface area contributed by atoms with Crippen LogP contribution < -0.4 is 0 Å². The summed E-state index contributed by atoms with van der Waals surface area (Å²) >= 11 is 15.1. The summed E-state index contributed by atoms with van der Waals surface area (Å²) in [5.41, 5.74) is 1.85. The highest BCUT2D eigenvalue weighted by Crippen LogP contribution is 2.27. The Morgan fingerprint density at radius 3 is 2.57 bits per heavy atom. The summed E-state index contributed by atoms with van der Waals surface area (Å²) in [6, 6.07) is 7.55. The number of alkyl halides is 1. The number of fused-ring (bicyclic) bond motifs is 1. The van der Waals surface area contributed by atoms with Crippen LogP contribution in [-0.2, 0) is 5.33 Å². The topological polar surface area (TPSA) is 12.9 Å². The van der Waals surface area contributed by atoms with Crippen molar-refractivity contribution < 1.29 is 0 Å². The SMILES string of the molecule is Clc1cc2ccc(CBr)nc2cc1Cl. The molecule has 1 aromatic heterocycles. The molecule has 0 fully saturated rings. The van der Waals surface area contributed by atoms with Gasteiger partial charge in [-0.3, -0.25) is 4.98 Å². The highest BCUT2D eigenvalue weighted by molar-refractivity contribution is 9.08. The lowest BCUT2D eigenvalue weighted by atomic mass is 10.2. The molecular formula is C10H6BrCl2N. The fourth-order valence-electron chi connectivity index (χ4n) is 1.23. The average Bonchev–Trinajstić information content (AvgIpc) is 2.19. The normalized spacial score (nSPS) is 10.8. The van der Waals surface area contributed by atoms with Gasteiger partial charge in [0.25, 0.3) is 0 Å². The van der Waals surface area contributed by atoms with Crippen LogP contribution in [0.2, 0.25) is 10.0 Å². The monoisotopic (exact) mass is 289 g/mol. The summed E-state index contributed by atoms with van der Waals surface area (Å²) in [5, 5.41) is 2.85. The maximum absolute atomic E-state index is 5.90. The van der Waals surface area contributed by atoms with Crippen LogP contribution in [0.1, 0.15) is 5.69 Å². The summed E-state index contributed by atoms with van der Waals surface area (Å²) in [6.07, 6.45) is 0. The van der Waals surface area contributed by atoms with Crippen LogP contribution in [0.3, 0.4) is 0 Å². The van der Waals surface area contributed by atoms with E-state index in [1.165, 1.54) is 0 Å². The number of hydrogen-bond donors (Lipinski definition) is 0. The van der Waals surface area contributed by atoms with Gasteiger partial charge in [-0.25, -0.2) is 0 Å². The molecule has 0 bridgehead atoms. The quantitative estimate of drug-likeness (QED) is 0.708. The zero-order chi connectivity index (χ0) is 10.1. The molecule has 0 aliphatic carbocycles. The molecule has 1 aromatic carbocycles. The molecule has 0 saturated heterocycles. The Bertz CT molecular complexity index is 485. The molecular weight excluding hydrogens is 285 g/mol. The highest BCUT2D eigenvalue weighted by atomic mass is 79.9. The molecule has 1 nitrogen and oxygen atoms in total. The molecule has 0 radical (unpaired) electrons. The first-order valence-electron chi connectivity index (χ1n) is 4.01. The summed E-state index contributed by atoms with van der Waals surface area (Å²) in [5.74, 6) is 0. The smallest absolute Gasteiger partial charge is 0.0721 e. The Morgan fingerprint density at radius 1 is 1.14 bits per heavy atom. The van der Waals surface area contributed by atoms with E-state index in [4.69, 9.17) is 23.2 Å². The molecule has 2 rings (SSSR count). The van der Waals surface area contributed by atoms with Gasteiger partial charge in [0, 0.05) is 10.7 Å². The second-order valence-electron chi connectivity index (χ2n) is 2.90. The Morgan fingerprint density at radius 2 is 1.86 bits per heavy atom. The van der Waals surface area contributed by atoms with E-state index in [0.717, 1.165) is 21.9 Å². The molecule has 0 N–H and O–H groups in total. The lowest BCUT2D eigenvalue weighted by molar-refractivity contribution is 1.24. The van der Waals surface area contributed by atoms with Gasteiger partial charge in [0.05, 0.1) is 21.3 Å². The maximum Gasteiger partial charge on any atom is 0.0721 e. The van der Waals surface area contributed by atoms with Crippen LogP contribution in [0.4, 0.5) is 0 Å². The summed E-state index contributed by atoms with van der Waals surface area (Å²) < 4.78 is 0. The van der Waals surface area contributed by atoms with Gasteiger partial charge in [-0.05, 0) is 18.2 Å². The molecule has 4 heteroatoms. The Hall–Kier alpha value is -0.310. The molecule has 0 amide bonds. The summed E-state index contributed by atoms with van der Waals surface area (Å²) in [6.45, 7) is 0. The predicted molar refractivity (Wildman–Crippen MR) is 64.4 cm³/mol. The third-order valence-corrected chi connectivity index (χ3v) is 3.22. The van der Waals surface area contributed by atoms with Gasteiger partial charge in [0.2, 0.25) is 0 Å². The molecule has 72 valence electrons. The van der Waals surface area contributed by atoms with E-state index in [1.54, 1.807) is 6.07 Å². The molecule has 0 atom stereocenters. The van der Waals surface area contributed by atoms with Crippen molar-refractivity contribution in [3.63, 3.8) is 0 Å². The van der Waals surface area contributed by atoms with Crippen molar-refractivity contribution in [3.8, 4) is 0 Å². The molecule has 2 aromatic rings. The van der Waals surface area contributed by atoms with Crippen molar-refractivity contribution in [1.29, 1.82) is 0 Å². The molecule has 0 aliphatic rings. The molecule has 0 spiro atoms. The first-order valence-corrected chi connectivity index (χ1v) is 5.89. The zero-order valence-corrected chi connectivity index (χ0v) is 10.2. The minimum Gasteiger partial charge on any atom is -0.252 e. The van der Waals surface area contributed by atoms with Crippen LogP contribution in [-0.4, -0.2) is 4.98 Å². The number of aromatic nitrogens is 1. The van der Waals surface area contributed by atoms with Gasteiger partial charge in [-0.1, -0.05) is 45.2 Å². The van der Waals surface area contributed by atoms with E-state index in [2.05, 4.69) is 20.9 Å².